The van der Waals surface area contributed by atoms with Crippen LogP contribution < -0.4 is 10.3 Å². The van der Waals surface area contributed by atoms with Crippen LogP contribution in [0.4, 0.5) is 0 Å². The van der Waals surface area contributed by atoms with E-state index in [2.05, 4.69) is 22.1 Å². The highest BCUT2D eigenvalue weighted by atomic mass is 35.5. The summed E-state index contributed by atoms with van der Waals surface area (Å²) >= 11 is 6.04. The molecule has 0 saturated heterocycles. The smallest absolute Gasteiger partial charge is 0.258 e. The fourth-order valence-electron chi connectivity index (χ4n) is 3.67. The minimum atomic E-state index is -0.694. The van der Waals surface area contributed by atoms with Gasteiger partial charge in [0.15, 0.2) is 0 Å². The van der Waals surface area contributed by atoms with E-state index in [0.29, 0.717) is 47.1 Å². The molecule has 1 aromatic heterocycles. The third-order valence-electron chi connectivity index (χ3n) is 5.41. The highest BCUT2D eigenvalue weighted by molar-refractivity contribution is 6.31. The second kappa shape index (κ2) is 10.6. The number of fused-ring (bicyclic) bond motifs is 1. The number of hydrogen-bond donors (Lipinski definition) is 2. The summed E-state index contributed by atoms with van der Waals surface area (Å²) in [6.07, 6.45) is -0.694. The molecule has 6 nitrogen and oxygen atoms in total. The molecule has 170 valence electrons. The van der Waals surface area contributed by atoms with E-state index >= 15 is 0 Å². The zero-order chi connectivity index (χ0) is 23.2. The average Bonchev–Trinajstić information content (AvgIpc) is 2.83. The first-order valence-corrected chi connectivity index (χ1v) is 11.3. The minimum absolute atomic E-state index is 0.165. The number of H-pyrrole nitrogens is 1. The van der Waals surface area contributed by atoms with Gasteiger partial charge in [0, 0.05) is 11.6 Å². The molecule has 7 heteroatoms. The Morgan fingerprint density at radius 3 is 2.52 bits per heavy atom. The van der Waals surface area contributed by atoms with Crippen LogP contribution in [0.3, 0.4) is 0 Å². The molecule has 0 amide bonds. The number of ether oxygens (including phenoxy) is 1. The van der Waals surface area contributed by atoms with Gasteiger partial charge < -0.3 is 14.8 Å². The SMILES string of the molecule is CCN(Cc1nc2cc(Cl)ccc2c(=O)[nH]1)C[C@@H](O)COc1ccc(-c2ccccc2)cc1. The van der Waals surface area contributed by atoms with Crippen molar-refractivity contribution in [1.82, 2.24) is 14.9 Å². The van der Waals surface area contributed by atoms with E-state index in [0.717, 1.165) is 11.1 Å². The molecule has 4 aromatic rings. The molecule has 4 rings (SSSR count). The van der Waals surface area contributed by atoms with Crippen molar-refractivity contribution in [3.63, 3.8) is 0 Å². The summed E-state index contributed by atoms with van der Waals surface area (Å²) in [6.45, 7) is 3.62. The van der Waals surface area contributed by atoms with Crippen molar-refractivity contribution < 1.29 is 9.84 Å². The van der Waals surface area contributed by atoms with Crippen LogP contribution >= 0.6 is 11.6 Å². The number of nitrogens with zero attached hydrogens (tertiary/aromatic N) is 2. The predicted octanol–water partition coefficient (Wildman–Crippen LogP) is 4.51. The maximum atomic E-state index is 12.4. The number of rotatable bonds is 9. The van der Waals surface area contributed by atoms with Gasteiger partial charge in [-0.05, 0) is 48.0 Å². The van der Waals surface area contributed by atoms with Crippen LogP contribution in [-0.4, -0.2) is 45.8 Å². The lowest BCUT2D eigenvalue weighted by atomic mass is 10.1. The third-order valence-corrected chi connectivity index (χ3v) is 5.65. The van der Waals surface area contributed by atoms with Crippen LogP contribution in [0.1, 0.15) is 12.7 Å². The van der Waals surface area contributed by atoms with Gasteiger partial charge in [0.1, 0.15) is 24.3 Å². The molecule has 0 aliphatic carbocycles. The van der Waals surface area contributed by atoms with Crippen molar-refractivity contribution in [1.29, 1.82) is 0 Å². The Bertz CT molecular complexity index is 1260. The first-order valence-electron chi connectivity index (χ1n) is 10.9. The van der Waals surface area contributed by atoms with Gasteiger partial charge in [-0.25, -0.2) is 4.98 Å². The molecule has 1 heterocycles. The second-order valence-corrected chi connectivity index (χ2v) is 8.29. The van der Waals surface area contributed by atoms with Gasteiger partial charge in [-0.1, -0.05) is 61.0 Å². The van der Waals surface area contributed by atoms with Gasteiger partial charge >= 0.3 is 0 Å². The maximum Gasteiger partial charge on any atom is 0.258 e. The Labute approximate surface area is 197 Å². The van der Waals surface area contributed by atoms with Gasteiger partial charge in [0.2, 0.25) is 0 Å². The fraction of sp³-hybridized carbons (Fsp3) is 0.231. The Hall–Kier alpha value is -3.19. The maximum absolute atomic E-state index is 12.4. The van der Waals surface area contributed by atoms with Crippen molar-refractivity contribution >= 4 is 22.5 Å². The summed E-state index contributed by atoms with van der Waals surface area (Å²) in [4.78, 5) is 21.7. The third kappa shape index (κ3) is 5.99. The lowest BCUT2D eigenvalue weighted by Gasteiger charge is -2.23. The van der Waals surface area contributed by atoms with Gasteiger partial charge in [0.05, 0.1) is 17.4 Å². The monoisotopic (exact) mass is 463 g/mol. The Morgan fingerprint density at radius 1 is 1.06 bits per heavy atom. The highest BCUT2D eigenvalue weighted by Crippen LogP contribution is 2.22. The van der Waals surface area contributed by atoms with Crippen LogP contribution in [0.15, 0.2) is 77.6 Å². The van der Waals surface area contributed by atoms with Gasteiger partial charge in [-0.2, -0.15) is 0 Å². The summed E-state index contributed by atoms with van der Waals surface area (Å²) < 4.78 is 5.78. The quantitative estimate of drug-likeness (QED) is 0.382. The van der Waals surface area contributed by atoms with E-state index in [1.807, 2.05) is 54.3 Å². The number of nitrogens with one attached hydrogen (secondary N) is 1. The summed E-state index contributed by atoms with van der Waals surface area (Å²) in [5.74, 6) is 1.23. The van der Waals surface area contributed by atoms with Crippen molar-refractivity contribution in [2.75, 3.05) is 19.7 Å². The molecular weight excluding hydrogens is 438 g/mol. The molecule has 33 heavy (non-hydrogen) atoms. The minimum Gasteiger partial charge on any atom is -0.491 e. The molecule has 0 unspecified atom stereocenters. The number of aromatic amines is 1. The van der Waals surface area contributed by atoms with Crippen LogP contribution in [0, 0.1) is 0 Å². The first kappa shape index (κ1) is 23.0. The lowest BCUT2D eigenvalue weighted by molar-refractivity contribution is 0.0667. The van der Waals surface area contributed by atoms with E-state index in [1.165, 1.54) is 0 Å². The predicted molar refractivity (Wildman–Crippen MR) is 132 cm³/mol. The largest absolute Gasteiger partial charge is 0.491 e. The number of hydrogen-bond acceptors (Lipinski definition) is 5. The van der Waals surface area contributed by atoms with E-state index in [1.54, 1.807) is 18.2 Å². The zero-order valence-electron chi connectivity index (χ0n) is 18.4. The Morgan fingerprint density at radius 2 is 1.79 bits per heavy atom. The molecule has 2 N–H and O–H groups in total. The van der Waals surface area contributed by atoms with Gasteiger partial charge in [-0.15, -0.1) is 0 Å². The molecule has 0 aliphatic heterocycles. The summed E-state index contributed by atoms with van der Waals surface area (Å²) in [7, 11) is 0. The fourth-order valence-corrected chi connectivity index (χ4v) is 3.84. The molecular formula is C26H26ClN3O3. The number of halogens is 1. The molecule has 0 spiro atoms. The standard InChI is InChI=1S/C26H26ClN3O3/c1-2-30(16-25-28-24-14-20(27)10-13-23(24)26(32)29-25)15-21(31)17-33-22-11-8-19(9-12-22)18-6-4-3-5-7-18/h3-14,21,31H,2,15-17H2,1H3,(H,28,29,32)/t21-/m1/s1. The molecule has 0 fully saturated rings. The molecule has 0 bridgehead atoms. The average molecular weight is 464 g/mol. The number of aromatic nitrogens is 2. The number of aliphatic hydroxyl groups is 1. The summed E-state index contributed by atoms with van der Waals surface area (Å²) in [6, 6.07) is 23.0. The summed E-state index contributed by atoms with van der Waals surface area (Å²) in [5.41, 5.74) is 2.61. The van der Waals surface area contributed by atoms with Crippen molar-refractivity contribution in [2.45, 2.75) is 19.6 Å². The van der Waals surface area contributed by atoms with Gasteiger partial charge in [0.25, 0.3) is 5.56 Å². The van der Waals surface area contributed by atoms with Crippen LogP contribution in [0.25, 0.3) is 22.0 Å². The van der Waals surface area contributed by atoms with Crippen molar-refractivity contribution in [3.8, 4) is 16.9 Å². The van der Waals surface area contributed by atoms with E-state index in [4.69, 9.17) is 16.3 Å². The van der Waals surface area contributed by atoms with Crippen LogP contribution in [0.5, 0.6) is 5.75 Å². The van der Waals surface area contributed by atoms with Crippen molar-refractivity contribution in [3.05, 3.63) is 94.0 Å². The van der Waals surface area contributed by atoms with Gasteiger partial charge in [-0.3, -0.25) is 9.69 Å². The Kier molecular flexibility index (Phi) is 7.40. The second-order valence-electron chi connectivity index (χ2n) is 7.86. The van der Waals surface area contributed by atoms with E-state index in [9.17, 15) is 9.90 Å². The molecule has 3 aromatic carbocycles. The number of benzene rings is 3. The zero-order valence-corrected chi connectivity index (χ0v) is 19.1. The van der Waals surface area contributed by atoms with E-state index in [-0.39, 0.29) is 12.2 Å². The molecule has 0 aliphatic rings. The Balaban J connectivity index is 1.34. The molecule has 0 saturated carbocycles. The molecule has 1 atom stereocenters. The normalized spacial score (nSPS) is 12.2. The van der Waals surface area contributed by atoms with Crippen LogP contribution in [0.2, 0.25) is 5.02 Å². The highest BCUT2D eigenvalue weighted by Gasteiger charge is 2.14. The van der Waals surface area contributed by atoms with E-state index < -0.39 is 6.10 Å². The topological polar surface area (TPSA) is 78.5 Å². The van der Waals surface area contributed by atoms with Crippen LogP contribution in [-0.2, 0) is 6.54 Å². The number of aliphatic hydroxyl groups excluding tert-OH is 1. The number of likely N-dealkylation sites (N-methyl/N-ethyl adjacent to an activating group) is 1. The van der Waals surface area contributed by atoms with Crippen molar-refractivity contribution in [2.24, 2.45) is 0 Å². The molecule has 0 radical (unpaired) electrons. The lowest BCUT2D eigenvalue weighted by Crippen LogP contribution is -2.36. The summed E-state index contributed by atoms with van der Waals surface area (Å²) in [5, 5.41) is 11.5. The first-order chi connectivity index (χ1) is 16.0.